The highest BCUT2D eigenvalue weighted by Crippen LogP contribution is 2.04. The van der Waals surface area contributed by atoms with Gasteiger partial charge in [0.25, 0.3) is 5.97 Å². The van der Waals surface area contributed by atoms with Crippen LogP contribution in [0, 0.1) is 0 Å². The predicted octanol–water partition coefficient (Wildman–Crippen LogP) is 3.39. The SMILES string of the molecule is CC(=O)O.CCCC(=O)O.CCCCCCCC(=O)O. The van der Waals surface area contributed by atoms with Crippen LogP contribution in [0.25, 0.3) is 0 Å². The number of rotatable bonds is 8. The number of carbonyl (C=O) groups is 3. The molecule has 20 heavy (non-hydrogen) atoms. The molecule has 0 aliphatic heterocycles. The van der Waals surface area contributed by atoms with Crippen LogP contribution in [0.15, 0.2) is 0 Å². The molecule has 120 valence electrons. The lowest BCUT2D eigenvalue weighted by molar-refractivity contribution is -0.138. The molecule has 0 bridgehead atoms. The van der Waals surface area contributed by atoms with Gasteiger partial charge in [-0.1, -0.05) is 39.5 Å². The molecular formula is C14H28O6. The van der Waals surface area contributed by atoms with Gasteiger partial charge in [-0.2, -0.15) is 0 Å². The zero-order chi connectivity index (χ0) is 16.4. The van der Waals surface area contributed by atoms with Crippen LogP contribution in [0.1, 0.15) is 72.1 Å². The number of carboxylic acid groups (broad SMARTS) is 3. The highest BCUT2D eigenvalue weighted by molar-refractivity contribution is 5.66. The molecule has 0 aromatic rings. The first kappa shape index (κ1) is 23.5. The summed E-state index contributed by atoms with van der Waals surface area (Å²) in [6, 6.07) is 0. The van der Waals surface area contributed by atoms with E-state index in [4.69, 9.17) is 20.1 Å². The van der Waals surface area contributed by atoms with Crippen molar-refractivity contribution >= 4 is 17.9 Å². The third kappa shape index (κ3) is 55.1. The molecule has 0 fully saturated rings. The molecule has 0 amide bonds. The average Bonchev–Trinajstić information content (AvgIpc) is 2.28. The Hall–Kier alpha value is -1.59. The van der Waals surface area contributed by atoms with Gasteiger partial charge in [0.05, 0.1) is 0 Å². The van der Waals surface area contributed by atoms with E-state index in [0.29, 0.717) is 12.8 Å². The first-order valence-electron chi connectivity index (χ1n) is 6.90. The van der Waals surface area contributed by atoms with Crippen LogP contribution < -0.4 is 0 Å². The molecule has 0 heterocycles. The Morgan fingerprint density at radius 1 is 0.700 bits per heavy atom. The lowest BCUT2D eigenvalue weighted by atomic mass is 10.1. The summed E-state index contributed by atoms with van der Waals surface area (Å²) in [4.78, 5) is 28.6. The highest BCUT2D eigenvalue weighted by atomic mass is 16.4. The lowest BCUT2D eigenvalue weighted by Gasteiger charge is -1.95. The molecule has 0 saturated carbocycles. The zero-order valence-electron chi connectivity index (χ0n) is 12.7. The van der Waals surface area contributed by atoms with Crippen molar-refractivity contribution in [2.75, 3.05) is 0 Å². The number of unbranched alkanes of at least 4 members (excludes halogenated alkanes) is 4. The monoisotopic (exact) mass is 292 g/mol. The Morgan fingerprint density at radius 2 is 1.10 bits per heavy atom. The third-order valence-electron chi connectivity index (χ3n) is 1.96. The Kier molecular flexibility index (Phi) is 23.2. The van der Waals surface area contributed by atoms with Crippen molar-refractivity contribution in [2.45, 2.75) is 72.1 Å². The fourth-order valence-corrected chi connectivity index (χ4v) is 1.09. The summed E-state index contributed by atoms with van der Waals surface area (Å²) in [5.41, 5.74) is 0. The summed E-state index contributed by atoms with van der Waals surface area (Å²) >= 11 is 0. The Morgan fingerprint density at radius 3 is 1.35 bits per heavy atom. The van der Waals surface area contributed by atoms with Gasteiger partial charge in [-0.15, -0.1) is 0 Å². The van der Waals surface area contributed by atoms with Gasteiger partial charge in [0.15, 0.2) is 0 Å². The molecule has 0 rings (SSSR count). The first-order chi connectivity index (χ1) is 9.27. The van der Waals surface area contributed by atoms with Crippen LogP contribution in [0.4, 0.5) is 0 Å². The average molecular weight is 292 g/mol. The van der Waals surface area contributed by atoms with Gasteiger partial charge in [-0.25, -0.2) is 0 Å². The van der Waals surface area contributed by atoms with Crippen molar-refractivity contribution in [3.05, 3.63) is 0 Å². The quantitative estimate of drug-likeness (QED) is 0.591. The summed E-state index contributed by atoms with van der Waals surface area (Å²) in [6.07, 6.45) is 6.91. The van der Waals surface area contributed by atoms with E-state index in [1.165, 1.54) is 19.3 Å². The minimum Gasteiger partial charge on any atom is -0.481 e. The normalized spacial score (nSPS) is 8.55. The molecule has 6 nitrogen and oxygen atoms in total. The molecule has 0 saturated heterocycles. The molecule has 0 spiro atoms. The maximum atomic E-state index is 10.0. The van der Waals surface area contributed by atoms with E-state index < -0.39 is 17.9 Å². The topological polar surface area (TPSA) is 112 Å². The molecule has 3 N–H and O–H groups in total. The van der Waals surface area contributed by atoms with Crippen molar-refractivity contribution in [2.24, 2.45) is 0 Å². The number of carboxylic acids is 3. The van der Waals surface area contributed by atoms with Crippen molar-refractivity contribution in [1.29, 1.82) is 0 Å². The maximum Gasteiger partial charge on any atom is 0.303 e. The summed E-state index contributed by atoms with van der Waals surface area (Å²) in [5.74, 6) is -2.21. The van der Waals surface area contributed by atoms with Gasteiger partial charge in [0.1, 0.15) is 0 Å². The number of hydrogen-bond donors (Lipinski definition) is 3. The molecule has 0 radical (unpaired) electrons. The maximum absolute atomic E-state index is 10.0. The third-order valence-corrected chi connectivity index (χ3v) is 1.96. The Labute approximate surface area is 120 Å². The van der Waals surface area contributed by atoms with E-state index in [9.17, 15) is 9.59 Å². The predicted molar refractivity (Wildman–Crippen MR) is 76.9 cm³/mol. The fraction of sp³-hybridized carbons (Fsp3) is 0.786. The van der Waals surface area contributed by atoms with E-state index in [2.05, 4.69) is 6.92 Å². The minimum atomic E-state index is -0.833. The van der Waals surface area contributed by atoms with Gasteiger partial charge < -0.3 is 15.3 Å². The van der Waals surface area contributed by atoms with E-state index in [1.807, 2.05) is 6.92 Å². The van der Waals surface area contributed by atoms with Gasteiger partial charge in [-0.05, 0) is 12.8 Å². The molecule has 0 atom stereocenters. The molecule has 6 heteroatoms. The summed E-state index contributed by atoms with van der Waals surface area (Å²) in [5, 5.41) is 23.6. The van der Waals surface area contributed by atoms with Gasteiger partial charge in [0, 0.05) is 19.8 Å². The van der Waals surface area contributed by atoms with Crippen LogP contribution in [-0.4, -0.2) is 33.2 Å². The van der Waals surface area contributed by atoms with Crippen LogP contribution in [0.3, 0.4) is 0 Å². The van der Waals surface area contributed by atoms with E-state index in [-0.39, 0.29) is 0 Å². The van der Waals surface area contributed by atoms with Crippen molar-refractivity contribution in [3.8, 4) is 0 Å². The van der Waals surface area contributed by atoms with Gasteiger partial charge >= 0.3 is 11.9 Å². The standard InChI is InChI=1S/C8H16O2.C4H8O2.C2H4O2/c1-2-3-4-5-6-7-8(9)10;1-2-3-4(5)6;1-2(3)4/h2-7H2,1H3,(H,9,10);2-3H2,1H3,(H,5,6);1H3,(H,3,4). The van der Waals surface area contributed by atoms with E-state index in [1.54, 1.807) is 0 Å². The summed E-state index contributed by atoms with van der Waals surface area (Å²) < 4.78 is 0. The number of hydrogen-bond acceptors (Lipinski definition) is 3. The smallest absolute Gasteiger partial charge is 0.303 e. The van der Waals surface area contributed by atoms with Crippen molar-refractivity contribution in [3.63, 3.8) is 0 Å². The zero-order valence-corrected chi connectivity index (χ0v) is 12.7. The minimum absolute atomic E-state index is 0.292. The molecular weight excluding hydrogens is 264 g/mol. The highest BCUT2D eigenvalue weighted by Gasteiger charge is 1.94. The van der Waals surface area contributed by atoms with Crippen LogP contribution in [-0.2, 0) is 14.4 Å². The lowest BCUT2D eigenvalue weighted by Crippen LogP contribution is -1.93. The van der Waals surface area contributed by atoms with Crippen LogP contribution >= 0.6 is 0 Å². The Balaban J connectivity index is -0.000000246. The summed E-state index contributed by atoms with van der Waals surface area (Å²) in [7, 11) is 0. The molecule has 0 aromatic heterocycles. The fourth-order valence-electron chi connectivity index (χ4n) is 1.09. The van der Waals surface area contributed by atoms with E-state index in [0.717, 1.165) is 26.2 Å². The molecule has 0 aromatic carbocycles. The Bertz CT molecular complexity index is 246. The summed E-state index contributed by atoms with van der Waals surface area (Å²) in [6.45, 7) is 5.07. The molecule has 0 aliphatic rings. The second kappa shape index (κ2) is 19.7. The first-order valence-corrected chi connectivity index (χ1v) is 6.90. The van der Waals surface area contributed by atoms with Crippen LogP contribution in [0.5, 0.6) is 0 Å². The van der Waals surface area contributed by atoms with Gasteiger partial charge in [0.2, 0.25) is 0 Å². The molecule has 0 unspecified atom stereocenters. The van der Waals surface area contributed by atoms with Gasteiger partial charge in [-0.3, -0.25) is 14.4 Å². The largest absolute Gasteiger partial charge is 0.481 e. The van der Waals surface area contributed by atoms with Crippen LogP contribution in [0.2, 0.25) is 0 Å². The molecule has 0 aliphatic carbocycles. The number of aliphatic carboxylic acids is 3. The van der Waals surface area contributed by atoms with Crippen molar-refractivity contribution in [1.82, 2.24) is 0 Å². The second-order valence-corrected chi connectivity index (χ2v) is 4.22. The second-order valence-electron chi connectivity index (χ2n) is 4.22. The van der Waals surface area contributed by atoms with E-state index >= 15 is 0 Å². The van der Waals surface area contributed by atoms with Crippen molar-refractivity contribution < 1.29 is 29.7 Å².